The van der Waals surface area contributed by atoms with Crippen LogP contribution in [0.1, 0.15) is 57.6 Å². The summed E-state index contributed by atoms with van der Waals surface area (Å²) in [4.78, 5) is 0. The maximum atomic E-state index is 13.5. The normalized spacial score (nSPS) is 24.0. The smallest absolute Gasteiger partial charge is 0.126 e. The van der Waals surface area contributed by atoms with Crippen molar-refractivity contribution in [1.82, 2.24) is 0 Å². The molecule has 0 bridgehead atoms. The predicted molar refractivity (Wildman–Crippen MR) is 77.2 cm³/mol. The second-order valence-electron chi connectivity index (χ2n) is 5.77. The van der Waals surface area contributed by atoms with Gasteiger partial charge in [-0.25, -0.2) is 4.39 Å². The molecule has 0 radical (unpaired) electrons. The van der Waals surface area contributed by atoms with Crippen molar-refractivity contribution >= 4 is 0 Å². The second-order valence-corrected chi connectivity index (χ2v) is 5.77. The van der Waals surface area contributed by atoms with Gasteiger partial charge in [0.15, 0.2) is 0 Å². The number of rotatable bonds is 2. The number of fused-ring (bicyclic) bond motifs is 1. The fourth-order valence-electron chi connectivity index (χ4n) is 2.71. The van der Waals surface area contributed by atoms with Gasteiger partial charge in [0, 0.05) is 5.56 Å². The molecular formula is C17H25FO. The van der Waals surface area contributed by atoms with Crippen molar-refractivity contribution in [1.29, 1.82) is 0 Å². The van der Waals surface area contributed by atoms with Crippen LogP contribution in [0.15, 0.2) is 12.1 Å². The number of hydrogen-bond donors (Lipinski definition) is 0. The summed E-state index contributed by atoms with van der Waals surface area (Å²) in [6.07, 6.45) is 6.92. The van der Waals surface area contributed by atoms with Crippen LogP contribution >= 0.6 is 0 Å². The molecule has 2 aliphatic rings. The molecule has 2 atom stereocenters. The van der Waals surface area contributed by atoms with Crippen molar-refractivity contribution in [2.75, 3.05) is 0 Å². The number of benzene rings is 1. The molecule has 1 aromatic rings. The standard InChI is InChI=1S/C14H17FO.C3H8/c1-9-5-7-13(9)16-14-8-6-12(15)10-3-2-4-11(10)14;1-3-2/h6,8-9,13H,2-5,7H2,1H3;3H2,1-2H3/t9-,13-;/m1./s1. The van der Waals surface area contributed by atoms with E-state index in [1.807, 2.05) is 6.07 Å². The quantitative estimate of drug-likeness (QED) is 0.737. The lowest BCUT2D eigenvalue weighted by atomic mass is 9.83. The van der Waals surface area contributed by atoms with Gasteiger partial charge in [-0.3, -0.25) is 0 Å². The highest BCUT2D eigenvalue weighted by Gasteiger charge is 2.30. The summed E-state index contributed by atoms with van der Waals surface area (Å²) >= 11 is 0. The van der Waals surface area contributed by atoms with Crippen LogP contribution in [0.25, 0.3) is 0 Å². The lowest BCUT2D eigenvalue weighted by Gasteiger charge is -2.34. The lowest BCUT2D eigenvalue weighted by Crippen LogP contribution is -2.34. The van der Waals surface area contributed by atoms with Crippen molar-refractivity contribution < 1.29 is 9.13 Å². The van der Waals surface area contributed by atoms with E-state index in [1.165, 1.54) is 12.8 Å². The molecule has 1 aromatic carbocycles. The number of hydrogen-bond acceptors (Lipinski definition) is 1. The summed E-state index contributed by atoms with van der Waals surface area (Å²) in [5.41, 5.74) is 2.02. The lowest BCUT2D eigenvalue weighted by molar-refractivity contribution is 0.0568. The Morgan fingerprint density at radius 2 is 1.84 bits per heavy atom. The van der Waals surface area contributed by atoms with Crippen LogP contribution in [0.5, 0.6) is 5.75 Å². The van der Waals surface area contributed by atoms with Crippen LogP contribution in [0.3, 0.4) is 0 Å². The van der Waals surface area contributed by atoms with Gasteiger partial charge in [0.2, 0.25) is 0 Å². The van der Waals surface area contributed by atoms with Crippen LogP contribution in [0.2, 0.25) is 0 Å². The van der Waals surface area contributed by atoms with E-state index in [4.69, 9.17) is 4.74 Å². The molecule has 0 spiro atoms. The van der Waals surface area contributed by atoms with E-state index in [0.29, 0.717) is 12.0 Å². The largest absolute Gasteiger partial charge is 0.490 e. The van der Waals surface area contributed by atoms with Crippen molar-refractivity contribution in [3.8, 4) is 5.75 Å². The van der Waals surface area contributed by atoms with Crippen LogP contribution < -0.4 is 4.74 Å². The predicted octanol–water partition coefficient (Wildman–Crippen LogP) is 4.91. The Kier molecular flexibility index (Phi) is 4.84. The molecule has 0 aromatic heterocycles. The first-order valence-corrected chi connectivity index (χ1v) is 7.64. The third-order valence-corrected chi connectivity index (χ3v) is 4.00. The van der Waals surface area contributed by atoms with Crippen LogP contribution in [0.4, 0.5) is 4.39 Å². The first-order valence-electron chi connectivity index (χ1n) is 7.64. The van der Waals surface area contributed by atoms with Crippen LogP contribution in [-0.4, -0.2) is 6.10 Å². The zero-order valence-corrected chi connectivity index (χ0v) is 12.3. The van der Waals surface area contributed by atoms with Gasteiger partial charge >= 0.3 is 0 Å². The molecule has 0 saturated heterocycles. The molecule has 2 heteroatoms. The molecular weight excluding hydrogens is 239 g/mol. The summed E-state index contributed by atoms with van der Waals surface area (Å²) in [6.45, 7) is 6.47. The fourth-order valence-corrected chi connectivity index (χ4v) is 2.71. The molecule has 0 aliphatic heterocycles. The van der Waals surface area contributed by atoms with E-state index in [9.17, 15) is 4.39 Å². The average molecular weight is 264 g/mol. The molecule has 19 heavy (non-hydrogen) atoms. The summed E-state index contributed by atoms with van der Waals surface area (Å²) in [6, 6.07) is 3.37. The zero-order valence-electron chi connectivity index (χ0n) is 12.3. The molecule has 3 rings (SSSR count). The molecule has 1 nitrogen and oxygen atoms in total. The molecule has 106 valence electrons. The summed E-state index contributed by atoms with van der Waals surface area (Å²) in [5, 5.41) is 0. The summed E-state index contributed by atoms with van der Waals surface area (Å²) < 4.78 is 19.5. The highest BCUT2D eigenvalue weighted by Crippen LogP contribution is 2.37. The van der Waals surface area contributed by atoms with Crippen molar-refractivity contribution in [2.45, 2.75) is 65.4 Å². The van der Waals surface area contributed by atoms with E-state index in [2.05, 4.69) is 20.8 Å². The molecule has 1 saturated carbocycles. The van der Waals surface area contributed by atoms with Gasteiger partial charge in [0.05, 0.1) is 0 Å². The summed E-state index contributed by atoms with van der Waals surface area (Å²) in [7, 11) is 0. The van der Waals surface area contributed by atoms with Crippen LogP contribution in [-0.2, 0) is 12.8 Å². The molecule has 0 amide bonds. The van der Waals surface area contributed by atoms with Crippen molar-refractivity contribution in [3.05, 3.63) is 29.1 Å². The van der Waals surface area contributed by atoms with Gasteiger partial charge in [0.25, 0.3) is 0 Å². The Morgan fingerprint density at radius 1 is 1.16 bits per heavy atom. The molecule has 1 fully saturated rings. The molecule has 0 unspecified atom stereocenters. The van der Waals surface area contributed by atoms with Gasteiger partial charge in [-0.05, 0) is 55.7 Å². The highest BCUT2D eigenvalue weighted by molar-refractivity contribution is 5.44. The Bertz CT molecular complexity index is 428. The van der Waals surface area contributed by atoms with Gasteiger partial charge in [-0.15, -0.1) is 0 Å². The van der Waals surface area contributed by atoms with E-state index in [1.54, 1.807) is 6.07 Å². The zero-order chi connectivity index (χ0) is 13.8. The first kappa shape index (κ1) is 14.4. The van der Waals surface area contributed by atoms with E-state index < -0.39 is 0 Å². The molecule has 2 aliphatic carbocycles. The van der Waals surface area contributed by atoms with Gasteiger partial charge < -0.3 is 4.74 Å². The molecule has 0 N–H and O–H groups in total. The topological polar surface area (TPSA) is 9.23 Å². The Hall–Kier alpha value is -1.05. The van der Waals surface area contributed by atoms with E-state index in [0.717, 1.165) is 42.6 Å². The minimum Gasteiger partial charge on any atom is -0.490 e. The second kappa shape index (κ2) is 6.40. The minimum absolute atomic E-state index is 0.0542. The maximum absolute atomic E-state index is 13.5. The highest BCUT2D eigenvalue weighted by atomic mass is 19.1. The molecule has 0 heterocycles. The number of halogens is 1. The Balaban J connectivity index is 0.000000408. The van der Waals surface area contributed by atoms with Gasteiger partial charge in [0.1, 0.15) is 17.7 Å². The van der Waals surface area contributed by atoms with Gasteiger partial charge in [-0.2, -0.15) is 0 Å². The maximum Gasteiger partial charge on any atom is 0.126 e. The minimum atomic E-state index is -0.0542. The monoisotopic (exact) mass is 264 g/mol. The first-order chi connectivity index (χ1) is 9.17. The SMILES string of the molecule is CCC.C[C@@H]1CC[C@H]1Oc1ccc(F)c2c1CCC2. The third kappa shape index (κ3) is 3.10. The van der Waals surface area contributed by atoms with E-state index in [-0.39, 0.29) is 5.82 Å². The average Bonchev–Trinajstić information content (AvgIpc) is 2.87. The fraction of sp³-hybridized carbons (Fsp3) is 0.647. The third-order valence-electron chi connectivity index (χ3n) is 4.00. The van der Waals surface area contributed by atoms with Crippen LogP contribution in [0, 0.1) is 11.7 Å². The summed E-state index contributed by atoms with van der Waals surface area (Å²) in [5.74, 6) is 1.54. The van der Waals surface area contributed by atoms with Crippen molar-refractivity contribution in [3.63, 3.8) is 0 Å². The Labute approximate surface area is 116 Å². The van der Waals surface area contributed by atoms with Crippen molar-refractivity contribution in [2.24, 2.45) is 5.92 Å². The van der Waals surface area contributed by atoms with E-state index >= 15 is 0 Å². The number of ether oxygens (including phenoxy) is 1. The van der Waals surface area contributed by atoms with Gasteiger partial charge in [-0.1, -0.05) is 27.2 Å². The Morgan fingerprint density at radius 3 is 2.42 bits per heavy atom.